The molecule has 1 unspecified atom stereocenters. The quantitative estimate of drug-likeness (QED) is 0.822. The lowest BCUT2D eigenvalue weighted by molar-refractivity contribution is -0.127. The van der Waals surface area contributed by atoms with Crippen LogP contribution in [0.25, 0.3) is 0 Å². The normalized spacial score (nSPS) is 12.9. The molecule has 0 aliphatic heterocycles. The van der Waals surface area contributed by atoms with Gasteiger partial charge in [0, 0.05) is 10.4 Å². The predicted octanol–water partition coefficient (Wildman–Crippen LogP) is 3.55. The van der Waals surface area contributed by atoms with Gasteiger partial charge in [-0.1, -0.05) is 32.4 Å². The molecular weight excluding hydrogens is 332 g/mol. The summed E-state index contributed by atoms with van der Waals surface area (Å²) >= 11 is 5.92. The number of rotatable bonds is 5. The third-order valence-corrected chi connectivity index (χ3v) is 3.78. The summed E-state index contributed by atoms with van der Waals surface area (Å²) < 4.78 is 11.9. The van der Waals surface area contributed by atoms with Crippen molar-refractivity contribution in [2.75, 3.05) is 0 Å². The average molecular weight is 353 g/mol. The second-order valence-electron chi connectivity index (χ2n) is 6.71. The summed E-state index contributed by atoms with van der Waals surface area (Å²) in [4.78, 5) is 23.9. The van der Waals surface area contributed by atoms with Crippen molar-refractivity contribution in [3.63, 3.8) is 0 Å². The van der Waals surface area contributed by atoms with Crippen molar-refractivity contribution in [3.8, 4) is 5.75 Å². The highest BCUT2D eigenvalue weighted by Gasteiger charge is 2.24. The molecule has 2 rings (SSSR count). The zero-order valence-corrected chi connectivity index (χ0v) is 15.2. The van der Waals surface area contributed by atoms with Crippen LogP contribution in [-0.2, 0) is 11.3 Å². The van der Waals surface area contributed by atoms with E-state index in [1.54, 1.807) is 45.9 Å². The second-order valence-corrected chi connectivity index (χ2v) is 7.14. The van der Waals surface area contributed by atoms with E-state index in [-0.39, 0.29) is 18.2 Å². The van der Waals surface area contributed by atoms with Gasteiger partial charge in [-0.3, -0.25) is 4.79 Å². The first-order valence-corrected chi connectivity index (χ1v) is 7.99. The molecule has 0 spiro atoms. The maximum Gasteiger partial charge on any atom is 0.437 e. The molecule has 24 heavy (non-hydrogen) atoms. The molecule has 0 radical (unpaired) electrons. The molecule has 0 aliphatic rings. The molecule has 130 valence electrons. The SMILES string of the molecule is Cc1cc(Cl)ccc1OC(C)c1nn(CC(=O)C(C)(C)C)c(=O)o1. The summed E-state index contributed by atoms with van der Waals surface area (Å²) in [5.74, 6) is -0.0385. The zero-order chi connectivity index (χ0) is 18.1. The van der Waals surface area contributed by atoms with Gasteiger partial charge < -0.3 is 9.15 Å². The fourth-order valence-corrected chi connectivity index (χ4v) is 2.17. The van der Waals surface area contributed by atoms with Gasteiger partial charge in [0.15, 0.2) is 11.9 Å². The van der Waals surface area contributed by atoms with Crippen molar-refractivity contribution in [1.82, 2.24) is 9.78 Å². The van der Waals surface area contributed by atoms with Gasteiger partial charge in [0.25, 0.3) is 5.89 Å². The van der Waals surface area contributed by atoms with Crippen LogP contribution in [0.2, 0.25) is 5.02 Å². The van der Waals surface area contributed by atoms with Crippen LogP contribution in [0.1, 0.15) is 45.3 Å². The lowest BCUT2D eigenvalue weighted by Gasteiger charge is -2.15. The maximum atomic E-state index is 12.0. The largest absolute Gasteiger partial charge is 0.481 e. The maximum absolute atomic E-state index is 12.0. The molecular formula is C17H21ClN2O4. The highest BCUT2D eigenvalue weighted by atomic mass is 35.5. The molecule has 0 bridgehead atoms. The van der Waals surface area contributed by atoms with E-state index in [9.17, 15) is 9.59 Å². The summed E-state index contributed by atoms with van der Waals surface area (Å²) in [5.41, 5.74) is 0.306. The number of aryl methyl sites for hydroxylation is 1. The van der Waals surface area contributed by atoms with E-state index in [1.807, 2.05) is 6.92 Å². The first kappa shape index (κ1) is 18.3. The average Bonchev–Trinajstić information content (AvgIpc) is 2.82. The fraction of sp³-hybridized carbons (Fsp3) is 0.471. The minimum absolute atomic E-state index is 0.105. The van der Waals surface area contributed by atoms with Crippen LogP contribution in [0.3, 0.4) is 0 Å². The molecule has 0 N–H and O–H groups in total. The van der Waals surface area contributed by atoms with Gasteiger partial charge in [0.05, 0.1) is 0 Å². The van der Waals surface area contributed by atoms with Crippen LogP contribution in [-0.4, -0.2) is 15.6 Å². The van der Waals surface area contributed by atoms with Crippen molar-refractivity contribution in [1.29, 1.82) is 0 Å². The summed E-state index contributed by atoms with van der Waals surface area (Å²) in [5, 5.41) is 4.69. The third-order valence-electron chi connectivity index (χ3n) is 3.54. The van der Waals surface area contributed by atoms with Crippen molar-refractivity contribution in [3.05, 3.63) is 45.2 Å². The Morgan fingerprint density at radius 3 is 2.67 bits per heavy atom. The van der Waals surface area contributed by atoms with Gasteiger partial charge in [-0.25, -0.2) is 4.79 Å². The lowest BCUT2D eigenvalue weighted by Crippen LogP contribution is -2.29. The van der Waals surface area contributed by atoms with Gasteiger partial charge in [-0.05, 0) is 37.6 Å². The molecule has 2 aromatic rings. The number of ether oxygens (including phenoxy) is 1. The number of hydrogen-bond donors (Lipinski definition) is 0. The smallest absolute Gasteiger partial charge is 0.437 e. The van der Waals surface area contributed by atoms with Crippen LogP contribution >= 0.6 is 11.6 Å². The van der Waals surface area contributed by atoms with Gasteiger partial charge in [-0.15, -0.1) is 5.10 Å². The molecule has 6 nitrogen and oxygen atoms in total. The summed E-state index contributed by atoms with van der Waals surface area (Å²) in [7, 11) is 0. The van der Waals surface area contributed by atoms with Crippen molar-refractivity contribution in [2.24, 2.45) is 5.41 Å². The third kappa shape index (κ3) is 4.26. The van der Waals surface area contributed by atoms with E-state index >= 15 is 0 Å². The van der Waals surface area contributed by atoms with E-state index in [0.717, 1.165) is 10.2 Å². The number of halogens is 1. The van der Waals surface area contributed by atoms with Crippen molar-refractivity contribution < 1.29 is 13.9 Å². The van der Waals surface area contributed by atoms with Gasteiger partial charge in [-0.2, -0.15) is 4.68 Å². The minimum Gasteiger partial charge on any atom is -0.481 e. The van der Waals surface area contributed by atoms with Crippen LogP contribution in [0.15, 0.2) is 27.4 Å². The standard InChI is InChI=1S/C17H21ClN2O4/c1-10-8-12(18)6-7-13(10)23-11(2)15-19-20(16(22)24-15)9-14(21)17(3,4)5/h6-8,11H,9H2,1-5H3. The Morgan fingerprint density at radius 1 is 1.42 bits per heavy atom. The summed E-state index contributed by atoms with van der Waals surface area (Å²) in [6.45, 7) is 8.82. The first-order chi connectivity index (χ1) is 11.1. The Hall–Kier alpha value is -2.08. The zero-order valence-electron chi connectivity index (χ0n) is 14.4. The van der Waals surface area contributed by atoms with E-state index in [1.165, 1.54) is 0 Å². The Labute approximate surface area is 145 Å². The van der Waals surface area contributed by atoms with Crippen LogP contribution < -0.4 is 10.5 Å². The Balaban J connectivity index is 2.16. The number of benzene rings is 1. The van der Waals surface area contributed by atoms with E-state index in [2.05, 4.69) is 5.10 Å². The molecule has 1 aromatic carbocycles. The topological polar surface area (TPSA) is 74.3 Å². The Kier molecular flexibility index (Phi) is 5.18. The highest BCUT2D eigenvalue weighted by molar-refractivity contribution is 6.30. The number of ketones is 1. The van der Waals surface area contributed by atoms with Gasteiger partial charge >= 0.3 is 5.76 Å². The molecule has 0 fully saturated rings. The van der Waals surface area contributed by atoms with Crippen molar-refractivity contribution in [2.45, 2.75) is 47.3 Å². The van der Waals surface area contributed by atoms with Crippen LogP contribution in [0.5, 0.6) is 5.75 Å². The van der Waals surface area contributed by atoms with Crippen molar-refractivity contribution >= 4 is 17.4 Å². The monoisotopic (exact) mass is 352 g/mol. The van der Waals surface area contributed by atoms with Crippen LogP contribution in [0.4, 0.5) is 0 Å². The first-order valence-electron chi connectivity index (χ1n) is 7.62. The lowest BCUT2D eigenvalue weighted by atomic mass is 9.91. The van der Waals surface area contributed by atoms with Gasteiger partial charge in [0.2, 0.25) is 0 Å². The second kappa shape index (κ2) is 6.81. The summed E-state index contributed by atoms with van der Waals surface area (Å²) in [6.07, 6.45) is -0.580. The molecule has 1 atom stereocenters. The minimum atomic E-state index is -0.675. The predicted molar refractivity (Wildman–Crippen MR) is 90.5 cm³/mol. The Morgan fingerprint density at radius 2 is 2.08 bits per heavy atom. The number of nitrogens with zero attached hydrogens (tertiary/aromatic N) is 2. The van der Waals surface area contributed by atoms with E-state index in [4.69, 9.17) is 20.8 Å². The molecule has 1 heterocycles. The fourth-order valence-electron chi connectivity index (χ4n) is 1.95. The van der Waals surface area contributed by atoms with Gasteiger partial charge in [0.1, 0.15) is 12.3 Å². The number of hydrogen-bond acceptors (Lipinski definition) is 5. The molecule has 0 amide bonds. The highest BCUT2D eigenvalue weighted by Crippen LogP contribution is 2.26. The van der Waals surface area contributed by atoms with E-state index in [0.29, 0.717) is 10.8 Å². The molecule has 0 saturated heterocycles. The van der Waals surface area contributed by atoms with Crippen LogP contribution in [0, 0.1) is 12.3 Å². The Bertz CT molecular complexity index is 802. The number of Topliss-reactive ketones (excluding diaryl/α,β-unsaturated/α-hetero) is 1. The molecule has 0 aliphatic carbocycles. The molecule has 1 aromatic heterocycles. The number of carbonyl (C=O) groups is 1. The molecule has 7 heteroatoms. The molecule has 0 saturated carbocycles. The number of carbonyl (C=O) groups excluding carboxylic acids is 1. The number of aromatic nitrogens is 2. The summed E-state index contributed by atoms with van der Waals surface area (Å²) in [6, 6.07) is 5.24. The van der Waals surface area contributed by atoms with E-state index < -0.39 is 17.3 Å².